The van der Waals surface area contributed by atoms with Crippen molar-refractivity contribution in [2.45, 2.75) is 24.3 Å². The second kappa shape index (κ2) is 8.41. The molecule has 1 aliphatic heterocycles. The van der Waals surface area contributed by atoms with Crippen molar-refractivity contribution in [2.75, 3.05) is 25.5 Å². The number of hydrogen-bond acceptors (Lipinski definition) is 4. The normalized spacial score (nSPS) is 14.7. The van der Waals surface area contributed by atoms with E-state index in [1.807, 2.05) is 30.3 Å². The monoisotopic (exact) mass is 389 g/mol. The second-order valence-electron chi connectivity index (χ2n) is 6.27. The zero-order chi connectivity index (χ0) is 19.3. The molecule has 0 saturated carbocycles. The number of benzene rings is 2. The summed E-state index contributed by atoms with van der Waals surface area (Å²) in [6.07, 6.45) is 1.73. The van der Waals surface area contributed by atoms with E-state index in [1.165, 1.54) is 23.5 Å². The number of amides is 2. The molecular weight excluding hydrogens is 366 g/mol. The van der Waals surface area contributed by atoms with Gasteiger partial charge in [0.1, 0.15) is 5.75 Å². The highest BCUT2D eigenvalue weighted by atomic mass is 32.2. The molecule has 0 aliphatic carbocycles. The summed E-state index contributed by atoms with van der Waals surface area (Å²) >= 11 is 0. The Kier molecular flexibility index (Phi) is 5.98. The standard InChI is InChI=1S/C19H23N3O4S/c1-26-18-10-9-16(27(24,25)22-11-5-6-12-22)13-17(18)21-19(23)20-14-15-7-3-2-4-8-15/h2-4,7-10,13H,5-6,11-12,14H2,1H3,(H2,20,21,23). The quantitative estimate of drug-likeness (QED) is 0.795. The Labute approximate surface area is 159 Å². The number of rotatable bonds is 6. The number of anilines is 1. The number of nitrogens with zero attached hydrogens (tertiary/aromatic N) is 1. The van der Waals surface area contributed by atoms with Gasteiger partial charge in [0.15, 0.2) is 0 Å². The van der Waals surface area contributed by atoms with Gasteiger partial charge < -0.3 is 15.4 Å². The largest absolute Gasteiger partial charge is 0.495 e. The topological polar surface area (TPSA) is 87.7 Å². The van der Waals surface area contributed by atoms with Gasteiger partial charge in [0, 0.05) is 19.6 Å². The molecule has 1 heterocycles. The molecule has 1 fully saturated rings. The van der Waals surface area contributed by atoms with Crippen LogP contribution in [0.25, 0.3) is 0 Å². The molecule has 0 radical (unpaired) electrons. The van der Waals surface area contributed by atoms with Crippen LogP contribution in [0.15, 0.2) is 53.4 Å². The van der Waals surface area contributed by atoms with Crippen LogP contribution >= 0.6 is 0 Å². The van der Waals surface area contributed by atoms with Crippen LogP contribution in [0.5, 0.6) is 5.75 Å². The first-order chi connectivity index (χ1) is 13.0. The van der Waals surface area contributed by atoms with E-state index < -0.39 is 16.1 Å². The maximum absolute atomic E-state index is 12.7. The molecule has 0 bridgehead atoms. The fraction of sp³-hybridized carbons (Fsp3) is 0.316. The Morgan fingerprint density at radius 2 is 1.81 bits per heavy atom. The molecule has 0 atom stereocenters. The van der Waals surface area contributed by atoms with Crippen molar-refractivity contribution in [1.82, 2.24) is 9.62 Å². The first kappa shape index (κ1) is 19.2. The average molecular weight is 389 g/mol. The van der Waals surface area contributed by atoms with Crippen molar-refractivity contribution in [3.05, 3.63) is 54.1 Å². The van der Waals surface area contributed by atoms with Gasteiger partial charge in [-0.15, -0.1) is 0 Å². The highest BCUT2D eigenvalue weighted by Gasteiger charge is 2.28. The van der Waals surface area contributed by atoms with Gasteiger partial charge in [0.05, 0.1) is 17.7 Å². The van der Waals surface area contributed by atoms with Crippen molar-refractivity contribution in [1.29, 1.82) is 0 Å². The molecule has 7 nitrogen and oxygen atoms in total. The van der Waals surface area contributed by atoms with E-state index in [2.05, 4.69) is 10.6 Å². The number of carbonyl (C=O) groups excluding carboxylic acids is 1. The van der Waals surface area contributed by atoms with Gasteiger partial charge in [-0.1, -0.05) is 30.3 Å². The minimum atomic E-state index is -3.57. The van der Waals surface area contributed by atoms with Crippen molar-refractivity contribution >= 4 is 21.7 Å². The summed E-state index contributed by atoms with van der Waals surface area (Å²) in [6.45, 7) is 1.41. The van der Waals surface area contributed by atoms with Crippen molar-refractivity contribution in [3.8, 4) is 5.75 Å². The lowest BCUT2D eigenvalue weighted by Gasteiger charge is -2.17. The summed E-state index contributed by atoms with van der Waals surface area (Å²) in [5, 5.41) is 5.42. The molecule has 144 valence electrons. The molecule has 1 aliphatic rings. The van der Waals surface area contributed by atoms with Crippen LogP contribution in [0.2, 0.25) is 0 Å². The highest BCUT2D eigenvalue weighted by molar-refractivity contribution is 7.89. The average Bonchev–Trinajstić information content (AvgIpc) is 3.23. The summed E-state index contributed by atoms with van der Waals surface area (Å²) in [4.78, 5) is 12.4. The fourth-order valence-electron chi connectivity index (χ4n) is 2.97. The molecular formula is C19H23N3O4S. The minimum absolute atomic E-state index is 0.142. The number of sulfonamides is 1. The van der Waals surface area contributed by atoms with Crippen LogP contribution in [0.1, 0.15) is 18.4 Å². The predicted molar refractivity (Wildman–Crippen MR) is 103 cm³/mol. The molecule has 2 amide bonds. The van der Waals surface area contributed by atoms with E-state index in [1.54, 1.807) is 6.07 Å². The van der Waals surface area contributed by atoms with Gasteiger partial charge >= 0.3 is 6.03 Å². The van der Waals surface area contributed by atoms with E-state index >= 15 is 0 Å². The van der Waals surface area contributed by atoms with Gasteiger partial charge in [-0.25, -0.2) is 13.2 Å². The number of carbonyl (C=O) groups is 1. The molecule has 3 rings (SSSR count). The van der Waals surface area contributed by atoms with E-state index in [-0.39, 0.29) is 4.90 Å². The first-order valence-corrected chi connectivity index (χ1v) is 10.2. The van der Waals surface area contributed by atoms with E-state index in [0.717, 1.165) is 18.4 Å². The molecule has 2 aromatic carbocycles. The number of hydrogen-bond donors (Lipinski definition) is 2. The smallest absolute Gasteiger partial charge is 0.319 e. The Morgan fingerprint density at radius 3 is 2.48 bits per heavy atom. The third kappa shape index (κ3) is 4.58. The SMILES string of the molecule is COc1ccc(S(=O)(=O)N2CCCC2)cc1NC(=O)NCc1ccccc1. The second-order valence-corrected chi connectivity index (χ2v) is 8.20. The Bertz CT molecular complexity index is 894. The van der Waals surface area contributed by atoms with Crippen LogP contribution in [0, 0.1) is 0 Å². The number of ether oxygens (including phenoxy) is 1. The van der Waals surface area contributed by atoms with Crippen LogP contribution in [0.4, 0.5) is 10.5 Å². The van der Waals surface area contributed by atoms with Crippen LogP contribution in [-0.2, 0) is 16.6 Å². The molecule has 8 heteroatoms. The highest BCUT2D eigenvalue weighted by Crippen LogP contribution is 2.30. The van der Waals surface area contributed by atoms with E-state index in [4.69, 9.17) is 4.74 Å². The van der Waals surface area contributed by atoms with Crippen LogP contribution in [0.3, 0.4) is 0 Å². The molecule has 0 aromatic heterocycles. The lowest BCUT2D eigenvalue weighted by molar-refractivity contribution is 0.251. The van der Waals surface area contributed by atoms with Crippen LogP contribution in [-0.4, -0.2) is 39.0 Å². The lowest BCUT2D eigenvalue weighted by atomic mass is 10.2. The molecule has 0 spiro atoms. The van der Waals surface area contributed by atoms with Gasteiger partial charge in [0.2, 0.25) is 10.0 Å². The Balaban J connectivity index is 1.74. The maximum atomic E-state index is 12.7. The van der Waals surface area contributed by atoms with Crippen LogP contribution < -0.4 is 15.4 Å². The zero-order valence-electron chi connectivity index (χ0n) is 15.1. The molecule has 1 saturated heterocycles. The summed E-state index contributed by atoms with van der Waals surface area (Å²) in [5.41, 5.74) is 1.27. The van der Waals surface area contributed by atoms with E-state index in [0.29, 0.717) is 31.1 Å². The van der Waals surface area contributed by atoms with E-state index in [9.17, 15) is 13.2 Å². The number of urea groups is 1. The molecule has 2 aromatic rings. The third-order valence-electron chi connectivity index (χ3n) is 4.42. The van der Waals surface area contributed by atoms with Crippen molar-refractivity contribution in [3.63, 3.8) is 0 Å². The molecule has 27 heavy (non-hydrogen) atoms. The summed E-state index contributed by atoms with van der Waals surface area (Å²) in [7, 11) is -2.10. The summed E-state index contributed by atoms with van der Waals surface area (Å²) < 4.78 is 32.2. The zero-order valence-corrected chi connectivity index (χ0v) is 16.0. The Morgan fingerprint density at radius 1 is 1.11 bits per heavy atom. The summed E-state index contributed by atoms with van der Waals surface area (Å²) in [5.74, 6) is 0.394. The Hall–Kier alpha value is -2.58. The predicted octanol–water partition coefficient (Wildman–Crippen LogP) is 2.80. The van der Waals surface area contributed by atoms with Crippen molar-refractivity contribution in [2.24, 2.45) is 0 Å². The van der Waals surface area contributed by atoms with Gasteiger partial charge in [-0.3, -0.25) is 0 Å². The number of methoxy groups -OCH3 is 1. The minimum Gasteiger partial charge on any atom is -0.495 e. The van der Waals surface area contributed by atoms with Gasteiger partial charge in [0.25, 0.3) is 0 Å². The van der Waals surface area contributed by atoms with Gasteiger partial charge in [-0.2, -0.15) is 4.31 Å². The maximum Gasteiger partial charge on any atom is 0.319 e. The lowest BCUT2D eigenvalue weighted by Crippen LogP contribution is -2.29. The fourth-order valence-corrected chi connectivity index (χ4v) is 4.51. The van der Waals surface area contributed by atoms with Gasteiger partial charge in [-0.05, 0) is 36.6 Å². The van der Waals surface area contributed by atoms with Crippen molar-refractivity contribution < 1.29 is 17.9 Å². The number of nitrogens with one attached hydrogen (secondary N) is 2. The molecule has 2 N–H and O–H groups in total. The first-order valence-electron chi connectivity index (χ1n) is 8.77. The molecule has 0 unspecified atom stereocenters. The third-order valence-corrected chi connectivity index (χ3v) is 6.31. The summed E-state index contributed by atoms with van der Waals surface area (Å²) in [6, 6.07) is 13.6.